The quantitative estimate of drug-likeness (QED) is 0.609. The number of rotatable bonds is 6. The van der Waals surface area contributed by atoms with E-state index < -0.39 is 10.8 Å². The first-order valence-corrected chi connectivity index (χ1v) is 8.30. The van der Waals surface area contributed by atoms with E-state index in [1.54, 1.807) is 43.3 Å². The minimum atomic E-state index is -0.635. The van der Waals surface area contributed by atoms with Crippen LogP contribution in [0, 0.1) is 17.0 Å². The molecule has 26 heavy (non-hydrogen) atoms. The maximum atomic E-state index is 12.6. The smallest absolute Gasteiger partial charge is 0.285 e. The number of nitrogens with one attached hydrogen (secondary N) is 2. The van der Waals surface area contributed by atoms with Crippen LogP contribution in [0.3, 0.4) is 0 Å². The molecule has 2 aromatic rings. The van der Waals surface area contributed by atoms with Gasteiger partial charge in [0, 0.05) is 11.6 Å². The zero-order valence-corrected chi connectivity index (χ0v) is 14.9. The van der Waals surface area contributed by atoms with Gasteiger partial charge in [0.25, 0.3) is 17.5 Å². The van der Waals surface area contributed by atoms with Crippen LogP contribution in [0.15, 0.2) is 42.5 Å². The number of hydrogen-bond donors (Lipinski definition) is 2. The van der Waals surface area contributed by atoms with Crippen LogP contribution in [0.2, 0.25) is 0 Å². The van der Waals surface area contributed by atoms with E-state index >= 15 is 0 Å². The van der Waals surface area contributed by atoms with Crippen molar-refractivity contribution in [1.29, 1.82) is 0 Å². The highest BCUT2D eigenvalue weighted by atomic mass is 16.6. The second-order valence-corrected chi connectivity index (χ2v) is 6.01. The van der Waals surface area contributed by atoms with Gasteiger partial charge >= 0.3 is 0 Å². The summed E-state index contributed by atoms with van der Waals surface area (Å²) in [6, 6.07) is 11.1. The number of carbonyl (C=O) groups excluding carboxylic acids is 2. The summed E-state index contributed by atoms with van der Waals surface area (Å²) in [5.41, 5.74) is 0.703. The number of nitro groups is 1. The van der Waals surface area contributed by atoms with Crippen LogP contribution in [0.5, 0.6) is 0 Å². The third-order valence-electron chi connectivity index (χ3n) is 4.07. The lowest BCUT2D eigenvalue weighted by atomic mass is 10.1. The Hall–Kier alpha value is -3.22. The highest BCUT2D eigenvalue weighted by Gasteiger charge is 2.23. The SMILES string of the molecule is CCC(C)NC(=O)c1ccccc1NC(=O)c1cccc(C)c1[N+](=O)[O-]. The van der Waals surface area contributed by atoms with E-state index in [4.69, 9.17) is 0 Å². The summed E-state index contributed by atoms with van der Waals surface area (Å²) in [6.45, 7) is 5.41. The van der Waals surface area contributed by atoms with Crippen molar-refractivity contribution in [3.05, 3.63) is 69.3 Å². The van der Waals surface area contributed by atoms with Crippen molar-refractivity contribution in [2.45, 2.75) is 33.2 Å². The van der Waals surface area contributed by atoms with Gasteiger partial charge in [-0.3, -0.25) is 19.7 Å². The van der Waals surface area contributed by atoms with Gasteiger partial charge in [-0.1, -0.05) is 31.2 Å². The molecule has 136 valence electrons. The van der Waals surface area contributed by atoms with Crippen molar-refractivity contribution in [3.8, 4) is 0 Å². The highest BCUT2D eigenvalue weighted by molar-refractivity contribution is 6.10. The number of aryl methyl sites for hydroxylation is 1. The maximum absolute atomic E-state index is 12.6. The summed E-state index contributed by atoms with van der Waals surface area (Å²) in [5.74, 6) is -0.946. The Morgan fingerprint density at radius 2 is 1.73 bits per heavy atom. The van der Waals surface area contributed by atoms with E-state index in [9.17, 15) is 19.7 Å². The zero-order chi connectivity index (χ0) is 19.3. The molecule has 0 saturated carbocycles. The number of amides is 2. The molecule has 2 aromatic carbocycles. The fourth-order valence-corrected chi connectivity index (χ4v) is 2.47. The largest absolute Gasteiger partial charge is 0.350 e. The van der Waals surface area contributed by atoms with Crippen molar-refractivity contribution >= 4 is 23.2 Å². The molecule has 0 heterocycles. The first kappa shape index (κ1) is 19.1. The molecule has 0 saturated heterocycles. The number of benzene rings is 2. The second kappa shape index (κ2) is 8.24. The monoisotopic (exact) mass is 355 g/mol. The predicted octanol–water partition coefficient (Wildman–Crippen LogP) is 3.68. The Labute approximate surface area is 151 Å². The molecule has 0 aliphatic carbocycles. The topological polar surface area (TPSA) is 101 Å². The molecule has 1 unspecified atom stereocenters. The Morgan fingerprint density at radius 1 is 1.08 bits per heavy atom. The molecular formula is C19H21N3O4. The van der Waals surface area contributed by atoms with Gasteiger partial charge in [-0.15, -0.1) is 0 Å². The van der Waals surface area contributed by atoms with Crippen LogP contribution in [-0.2, 0) is 0 Å². The molecule has 2 amide bonds. The fraction of sp³-hybridized carbons (Fsp3) is 0.263. The molecule has 7 nitrogen and oxygen atoms in total. The van der Waals surface area contributed by atoms with Crippen molar-refractivity contribution in [1.82, 2.24) is 5.32 Å². The van der Waals surface area contributed by atoms with E-state index in [0.29, 0.717) is 16.8 Å². The summed E-state index contributed by atoms with van der Waals surface area (Å²) in [4.78, 5) is 35.7. The van der Waals surface area contributed by atoms with Crippen molar-refractivity contribution in [3.63, 3.8) is 0 Å². The number of nitrogens with zero attached hydrogens (tertiary/aromatic N) is 1. The Bertz CT molecular complexity index is 848. The highest BCUT2D eigenvalue weighted by Crippen LogP contribution is 2.25. The van der Waals surface area contributed by atoms with Crippen molar-refractivity contribution < 1.29 is 14.5 Å². The molecule has 0 aliphatic rings. The van der Waals surface area contributed by atoms with E-state index in [-0.39, 0.29) is 23.2 Å². The molecule has 0 fully saturated rings. The van der Waals surface area contributed by atoms with E-state index in [1.807, 2.05) is 13.8 Å². The number of hydrogen-bond acceptors (Lipinski definition) is 4. The van der Waals surface area contributed by atoms with E-state index in [0.717, 1.165) is 6.42 Å². The third-order valence-corrected chi connectivity index (χ3v) is 4.07. The zero-order valence-electron chi connectivity index (χ0n) is 14.9. The van der Waals surface area contributed by atoms with Crippen LogP contribution >= 0.6 is 0 Å². The number of carbonyl (C=O) groups is 2. The van der Waals surface area contributed by atoms with Gasteiger partial charge in [-0.2, -0.15) is 0 Å². The fourth-order valence-electron chi connectivity index (χ4n) is 2.47. The lowest BCUT2D eigenvalue weighted by molar-refractivity contribution is -0.385. The summed E-state index contributed by atoms with van der Waals surface area (Å²) in [6.07, 6.45) is 0.774. The summed E-state index contributed by atoms with van der Waals surface area (Å²) < 4.78 is 0. The maximum Gasteiger partial charge on any atom is 0.285 e. The van der Waals surface area contributed by atoms with Gasteiger partial charge in [0.1, 0.15) is 5.56 Å². The molecule has 0 bridgehead atoms. The van der Waals surface area contributed by atoms with Crippen molar-refractivity contribution in [2.24, 2.45) is 0 Å². The normalized spacial score (nSPS) is 11.5. The van der Waals surface area contributed by atoms with E-state index in [1.165, 1.54) is 6.07 Å². The van der Waals surface area contributed by atoms with Crippen LogP contribution < -0.4 is 10.6 Å². The van der Waals surface area contributed by atoms with Crippen LogP contribution in [0.4, 0.5) is 11.4 Å². The molecule has 1 atom stereocenters. The molecule has 7 heteroatoms. The van der Waals surface area contributed by atoms with Crippen LogP contribution in [0.25, 0.3) is 0 Å². The van der Waals surface area contributed by atoms with Crippen LogP contribution in [-0.4, -0.2) is 22.8 Å². The van der Waals surface area contributed by atoms with Gasteiger partial charge < -0.3 is 10.6 Å². The van der Waals surface area contributed by atoms with Crippen molar-refractivity contribution in [2.75, 3.05) is 5.32 Å². The molecular weight excluding hydrogens is 334 g/mol. The van der Waals surface area contributed by atoms with Crippen LogP contribution in [0.1, 0.15) is 46.5 Å². The lowest BCUT2D eigenvalue weighted by Crippen LogP contribution is -2.32. The lowest BCUT2D eigenvalue weighted by Gasteiger charge is -2.15. The average molecular weight is 355 g/mol. The second-order valence-electron chi connectivity index (χ2n) is 6.01. The molecule has 2 rings (SSSR count). The Balaban J connectivity index is 2.33. The Kier molecular flexibility index (Phi) is 6.06. The van der Waals surface area contributed by atoms with Gasteiger partial charge in [0.05, 0.1) is 16.2 Å². The van der Waals surface area contributed by atoms with E-state index in [2.05, 4.69) is 10.6 Å². The first-order chi connectivity index (χ1) is 12.3. The van der Waals surface area contributed by atoms with Gasteiger partial charge in [-0.25, -0.2) is 0 Å². The molecule has 2 N–H and O–H groups in total. The third kappa shape index (κ3) is 4.24. The number of nitro benzene ring substituents is 1. The summed E-state index contributed by atoms with van der Waals surface area (Å²) >= 11 is 0. The van der Waals surface area contributed by atoms with Gasteiger partial charge in [0.15, 0.2) is 0 Å². The minimum absolute atomic E-state index is 0.0101. The number of para-hydroxylation sites is 2. The number of anilines is 1. The molecule has 0 aromatic heterocycles. The van der Waals surface area contributed by atoms with Gasteiger partial charge in [0.2, 0.25) is 0 Å². The molecule has 0 aliphatic heterocycles. The van der Waals surface area contributed by atoms with Gasteiger partial charge in [-0.05, 0) is 38.5 Å². The molecule has 0 spiro atoms. The first-order valence-electron chi connectivity index (χ1n) is 8.30. The summed E-state index contributed by atoms with van der Waals surface area (Å²) in [5, 5.41) is 16.7. The molecule has 0 radical (unpaired) electrons. The minimum Gasteiger partial charge on any atom is -0.350 e. The predicted molar refractivity (Wildman–Crippen MR) is 99.4 cm³/mol. The Morgan fingerprint density at radius 3 is 2.38 bits per heavy atom. The average Bonchev–Trinajstić information content (AvgIpc) is 2.61. The standard InChI is InChI=1S/C19H21N3O4/c1-4-13(3)20-18(23)14-9-5-6-11-16(14)21-19(24)15-10-7-8-12(2)17(15)22(25)26/h5-11,13H,4H2,1-3H3,(H,20,23)(H,21,24). The summed E-state index contributed by atoms with van der Waals surface area (Å²) in [7, 11) is 0.